The van der Waals surface area contributed by atoms with Gasteiger partial charge in [0.15, 0.2) is 24.5 Å². The van der Waals surface area contributed by atoms with Gasteiger partial charge in [-0.15, -0.1) is 0 Å². The summed E-state index contributed by atoms with van der Waals surface area (Å²) < 4.78 is 34.2. The zero-order chi connectivity index (χ0) is 52.2. The van der Waals surface area contributed by atoms with Gasteiger partial charge in [0.2, 0.25) is 0 Å². The summed E-state index contributed by atoms with van der Waals surface area (Å²) in [5, 5.41) is 2.69. The van der Waals surface area contributed by atoms with Crippen LogP contribution in [-0.2, 0) is 42.9 Å². The molecule has 6 heterocycles. The number of rotatable bonds is 11. The molecule has 0 aliphatic carbocycles. The van der Waals surface area contributed by atoms with Crippen molar-refractivity contribution in [2.24, 2.45) is 0 Å². The second-order valence-electron chi connectivity index (χ2n) is 17.8. The number of ether oxygens (including phenoxy) is 6. The summed E-state index contributed by atoms with van der Waals surface area (Å²) in [6.45, 7) is 4.23. The minimum atomic E-state index is -1.40. The number of thiocarbonyl (C=S) groups is 1. The van der Waals surface area contributed by atoms with Crippen LogP contribution in [0.1, 0.15) is 50.5 Å². The first kappa shape index (κ1) is 49.6. The standard InChI is InChI=1S/C59H49N5O10S/c1-33(65)69-32-50-55(70-34(2)66)56(71-35(3)67)57(72-36(4)68)58(74-50)64-59(75)73-41-22-20-40(21-23-41)54-48-30-28-46(62-48)52(38-16-10-6-11-17-38)44-26-24-42(60-44)51(37-14-8-5-9-15-37)43-25-27-45(61-43)53(39-18-12-7-13-19-39)47-29-31-49(54)63-47/h5-31,50,55-58,60,63H,32H2,1-4H3,(H,64,75)/t50-,55-,56+,57-,58-/m1/s1. The van der Waals surface area contributed by atoms with E-state index in [0.717, 1.165) is 104 Å². The monoisotopic (exact) mass is 1020 g/mol. The highest BCUT2D eigenvalue weighted by molar-refractivity contribution is 7.80. The van der Waals surface area contributed by atoms with Crippen molar-refractivity contribution in [3.63, 3.8) is 0 Å². The Bertz CT molecular complexity index is 3540. The van der Waals surface area contributed by atoms with Gasteiger partial charge in [0.1, 0.15) is 18.5 Å². The summed E-state index contributed by atoms with van der Waals surface area (Å²) in [5.74, 6) is -2.59. The van der Waals surface area contributed by atoms with E-state index in [2.05, 4.69) is 82.0 Å². The Morgan fingerprint density at radius 1 is 0.493 bits per heavy atom. The van der Waals surface area contributed by atoms with Crippen LogP contribution in [-0.4, -0.2) is 86.2 Å². The van der Waals surface area contributed by atoms with E-state index in [1.165, 1.54) is 6.92 Å². The van der Waals surface area contributed by atoms with E-state index in [4.69, 9.17) is 50.6 Å². The Labute approximate surface area is 436 Å². The number of hydrogen-bond acceptors (Lipinski definition) is 13. The Morgan fingerprint density at radius 2 is 0.867 bits per heavy atom. The molecule has 3 N–H and O–H groups in total. The lowest BCUT2D eigenvalue weighted by molar-refractivity contribution is -0.255. The summed E-state index contributed by atoms with van der Waals surface area (Å²) in [4.78, 5) is 67.3. The zero-order valence-corrected chi connectivity index (χ0v) is 41.9. The van der Waals surface area contributed by atoms with E-state index in [0.29, 0.717) is 11.4 Å². The number of carbonyl (C=O) groups is 4. The van der Waals surface area contributed by atoms with Gasteiger partial charge in [-0.1, -0.05) is 103 Å². The van der Waals surface area contributed by atoms with Gasteiger partial charge in [0, 0.05) is 72.0 Å². The van der Waals surface area contributed by atoms with Crippen LogP contribution in [0.15, 0.2) is 140 Å². The highest BCUT2D eigenvalue weighted by Gasteiger charge is 2.52. The number of hydrogen-bond donors (Lipinski definition) is 3. The SMILES string of the molecule is CC(=O)OC[C@H]1O[C@@H](NC(=S)Oc2ccc(-c3c4nc(c(-c5ccccc5)c5ccc([nH]5)c(-c5ccccc5)c5nc(c(-c6ccccc6)c6ccc3[nH]6)C=C5)C=C4)cc2)[C@H](OC(C)=O)[C@@H](OC(C)=O)[C@@H]1OC(C)=O. The lowest BCUT2D eigenvalue weighted by Gasteiger charge is -2.44. The van der Waals surface area contributed by atoms with Gasteiger partial charge in [-0.25, -0.2) is 9.97 Å². The molecule has 0 unspecified atom stereocenters. The Kier molecular flexibility index (Phi) is 14.3. The summed E-state index contributed by atoms with van der Waals surface area (Å²) >= 11 is 5.67. The molecule has 3 aliphatic rings. The maximum Gasteiger partial charge on any atom is 0.303 e. The lowest BCUT2D eigenvalue weighted by Crippen LogP contribution is -2.66. The molecule has 376 valence electrons. The summed E-state index contributed by atoms with van der Waals surface area (Å²) in [7, 11) is 0. The molecule has 5 atom stereocenters. The van der Waals surface area contributed by atoms with E-state index < -0.39 is 61.1 Å². The second kappa shape index (κ2) is 21.6. The minimum Gasteiger partial charge on any atom is -0.463 e. The fourth-order valence-corrected chi connectivity index (χ4v) is 9.73. The van der Waals surface area contributed by atoms with Crippen molar-refractivity contribution >= 4 is 87.6 Å². The number of esters is 4. The van der Waals surface area contributed by atoms with Crippen LogP contribution < -0.4 is 10.1 Å². The summed E-state index contributed by atoms with van der Waals surface area (Å²) in [5.41, 5.74) is 13.8. The van der Waals surface area contributed by atoms with E-state index in [9.17, 15) is 19.2 Å². The lowest BCUT2D eigenvalue weighted by atomic mass is 9.97. The normalized spacial score (nSPS) is 17.6. The summed E-state index contributed by atoms with van der Waals surface area (Å²) in [6.07, 6.45) is 1.51. The third-order valence-corrected chi connectivity index (χ3v) is 12.7. The predicted octanol–water partition coefficient (Wildman–Crippen LogP) is 10.7. The topological polar surface area (TPSA) is 193 Å². The molecule has 8 bridgehead atoms. The molecule has 0 radical (unpaired) electrons. The van der Waals surface area contributed by atoms with Gasteiger partial charge in [-0.05, 0) is 95.2 Å². The third-order valence-electron chi connectivity index (χ3n) is 12.5. The van der Waals surface area contributed by atoms with Gasteiger partial charge in [0.05, 0.1) is 22.8 Å². The zero-order valence-electron chi connectivity index (χ0n) is 41.1. The van der Waals surface area contributed by atoms with Crippen LogP contribution in [0.5, 0.6) is 5.75 Å². The average molecular weight is 1020 g/mol. The van der Waals surface area contributed by atoms with Gasteiger partial charge < -0.3 is 43.7 Å². The van der Waals surface area contributed by atoms with Crippen molar-refractivity contribution in [1.29, 1.82) is 0 Å². The first-order valence-electron chi connectivity index (χ1n) is 24.1. The Balaban J connectivity index is 1.08. The van der Waals surface area contributed by atoms with Crippen molar-refractivity contribution in [2.75, 3.05) is 6.61 Å². The molecule has 1 saturated heterocycles. The number of benzene rings is 4. The van der Waals surface area contributed by atoms with Crippen LogP contribution >= 0.6 is 12.2 Å². The molecule has 0 saturated carbocycles. The Hall–Kier alpha value is -8.99. The van der Waals surface area contributed by atoms with Crippen LogP contribution in [0, 0.1) is 0 Å². The maximum absolute atomic E-state index is 12.5. The van der Waals surface area contributed by atoms with E-state index in [-0.39, 0.29) is 5.17 Å². The number of carbonyl (C=O) groups excluding carboxylic acids is 4. The van der Waals surface area contributed by atoms with Crippen molar-refractivity contribution < 1.29 is 47.6 Å². The number of aromatic nitrogens is 4. The summed E-state index contributed by atoms with van der Waals surface area (Å²) in [6, 6.07) is 46.2. The van der Waals surface area contributed by atoms with Crippen LogP contribution in [0.3, 0.4) is 0 Å². The molecule has 75 heavy (non-hydrogen) atoms. The third kappa shape index (κ3) is 10.9. The molecule has 4 aromatic carbocycles. The van der Waals surface area contributed by atoms with Gasteiger partial charge in [-0.3, -0.25) is 19.2 Å². The van der Waals surface area contributed by atoms with Crippen LogP contribution in [0.4, 0.5) is 0 Å². The largest absolute Gasteiger partial charge is 0.463 e. The first-order valence-corrected chi connectivity index (χ1v) is 24.5. The molecule has 3 aliphatic heterocycles. The highest BCUT2D eigenvalue weighted by atomic mass is 32.1. The van der Waals surface area contributed by atoms with Crippen LogP contribution in [0.2, 0.25) is 0 Å². The molecule has 15 nitrogen and oxygen atoms in total. The van der Waals surface area contributed by atoms with Gasteiger partial charge in [-0.2, -0.15) is 0 Å². The molecule has 3 aromatic heterocycles. The quantitative estimate of drug-likeness (QED) is 0.0629. The highest BCUT2D eigenvalue weighted by Crippen LogP contribution is 2.39. The van der Waals surface area contributed by atoms with Gasteiger partial charge >= 0.3 is 23.9 Å². The molecule has 0 amide bonds. The first-order chi connectivity index (χ1) is 36.4. The van der Waals surface area contributed by atoms with E-state index in [1.54, 1.807) is 12.1 Å². The van der Waals surface area contributed by atoms with Crippen LogP contribution in [0.25, 0.3) is 90.9 Å². The second-order valence-corrected chi connectivity index (χ2v) is 18.1. The van der Waals surface area contributed by atoms with E-state index in [1.807, 2.05) is 84.9 Å². The number of aromatic amines is 2. The number of fused-ring (bicyclic) bond motifs is 8. The van der Waals surface area contributed by atoms with Crippen molar-refractivity contribution in [3.8, 4) is 50.3 Å². The molecular weight excluding hydrogens is 971 g/mol. The van der Waals surface area contributed by atoms with Gasteiger partial charge in [0.25, 0.3) is 5.17 Å². The number of H-pyrrole nitrogens is 2. The number of nitrogens with zero attached hydrogens (tertiary/aromatic N) is 2. The fourth-order valence-electron chi connectivity index (χ4n) is 9.52. The smallest absolute Gasteiger partial charge is 0.303 e. The molecule has 0 spiro atoms. The Morgan fingerprint density at radius 3 is 1.25 bits per heavy atom. The molecule has 7 aromatic rings. The molecule has 1 fully saturated rings. The number of nitrogens with one attached hydrogen (secondary N) is 3. The molecular formula is C59H49N5O10S. The molecule has 16 heteroatoms. The van der Waals surface area contributed by atoms with Crippen molar-refractivity contribution in [2.45, 2.75) is 58.3 Å². The fraction of sp³-hybridized carbons (Fsp3) is 0.169. The maximum atomic E-state index is 12.5. The average Bonchev–Trinajstić information content (AvgIpc) is 4.25. The van der Waals surface area contributed by atoms with Crippen molar-refractivity contribution in [1.82, 2.24) is 25.3 Å². The predicted molar refractivity (Wildman–Crippen MR) is 289 cm³/mol. The van der Waals surface area contributed by atoms with E-state index >= 15 is 0 Å². The van der Waals surface area contributed by atoms with Crippen molar-refractivity contribution in [3.05, 3.63) is 162 Å². The molecule has 10 rings (SSSR count). The minimum absolute atomic E-state index is 0.212.